The van der Waals surface area contributed by atoms with Gasteiger partial charge in [-0.1, -0.05) is 133 Å². The lowest BCUT2D eigenvalue weighted by atomic mass is 9.75. The fraction of sp³-hybridized carbons (Fsp3) is 0.0200. The van der Waals surface area contributed by atoms with Crippen LogP contribution in [0.3, 0.4) is 0 Å². The van der Waals surface area contributed by atoms with Crippen molar-refractivity contribution >= 4 is 54.6 Å². The Morgan fingerprint density at radius 2 is 0.927 bits per heavy atom. The van der Waals surface area contributed by atoms with E-state index in [0.717, 1.165) is 55.9 Å². The number of fused-ring (bicyclic) bond motifs is 10. The van der Waals surface area contributed by atoms with Gasteiger partial charge in [0.25, 0.3) is 0 Å². The third-order valence-electron chi connectivity index (χ3n) is 11.5. The largest absolute Gasteiger partial charge is 0.425 e. The van der Waals surface area contributed by atoms with Crippen LogP contribution in [0.5, 0.6) is 11.8 Å². The molecule has 5 heteroatoms. The number of para-hydroxylation sites is 5. The van der Waals surface area contributed by atoms with Gasteiger partial charge in [0.15, 0.2) is 0 Å². The van der Waals surface area contributed by atoms with Crippen molar-refractivity contribution in [2.45, 2.75) is 5.54 Å². The minimum absolute atomic E-state index is 0.565. The average Bonchev–Trinajstić information content (AvgIpc) is 3.90. The topological polar surface area (TPSA) is 36.9 Å². The molecule has 1 aliphatic rings. The van der Waals surface area contributed by atoms with Crippen LogP contribution >= 0.6 is 0 Å². The van der Waals surface area contributed by atoms with Crippen LogP contribution in [0.15, 0.2) is 194 Å². The summed E-state index contributed by atoms with van der Waals surface area (Å²) in [5.41, 5.74) is 11.3. The second kappa shape index (κ2) is 11.3. The molecule has 5 nitrogen and oxygen atoms in total. The first-order valence-electron chi connectivity index (χ1n) is 18.7. The summed E-state index contributed by atoms with van der Waals surface area (Å²) in [7, 11) is 0. The number of rotatable bonds is 4. The molecule has 1 aliphatic heterocycles. The highest BCUT2D eigenvalue weighted by atomic mass is 16.5. The van der Waals surface area contributed by atoms with Gasteiger partial charge in [-0.05, 0) is 65.7 Å². The summed E-state index contributed by atoms with van der Waals surface area (Å²) in [4.78, 5) is 5.12. The van der Waals surface area contributed by atoms with Crippen molar-refractivity contribution in [2.24, 2.45) is 0 Å². The molecule has 0 unspecified atom stereocenters. The molecule has 0 radical (unpaired) electrons. The molecule has 55 heavy (non-hydrogen) atoms. The highest BCUT2D eigenvalue weighted by molar-refractivity contribution is 6.19. The molecule has 0 fully saturated rings. The van der Waals surface area contributed by atoms with Gasteiger partial charge in [0.2, 0.25) is 0 Å². The van der Waals surface area contributed by atoms with Crippen molar-refractivity contribution in [3.05, 3.63) is 211 Å². The van der Waals surface area contributed by atoms with Crippen molar-refractivity contribution < 1.29 is 4.74 Å². The summed E-state index contributed by atoms with van der Waals surface area (Å²) >= 11 is 0. The molecular formula is C50H32N4O. The summed E-state index contributed by atoms with van der Waals surface area (Å²) in [5.74, 6) is 0.776. The quantitative estimate of drug-likeness (QED) is 0.183. The van der Waals surface area contributed by atoms with Gasteiger partial charge in [-0.2, -0.15) is 4.98 Å². The van der Waals surface area contributed by atoms with Gasteiger partial charge in [-0.3, -0.25) is 4.57 Å². The molecule has 12 rings (SSSR count). The van der Waals surface area contributed by atoms with Crippen molar-refractivity contribution in [3.8, 4) is 23.1 Å². The molecule has 0 aliphatic carbocycles. The standard InChI is InChI=1S/C50H32N4O/c1-4-16-33(17-5-1)50(34-18-6-2-7-19-34)41-29-28-36(30-48(41)55-49-51-42-24-12-15-27-45(42)54(49)50)53-44-26-14-11-23-38(44)40-31-39-37-22-10-13-25-43(37)52(46(39)32-47(40)53)35-20-8-3-9-21-35/h1-32H. The number of hydrogen-bond acceptors (Lipinski definition) is 2. The van der Waals surface area contributed by atoms with E-state index in [1.807, 2.05) is 6.07 Å². The van der Waals surface area contributed by atoms with Crippen LogP contribution in [0.4, 0.5) is 0 Å². The van der Waals surface area contributed by atoms with Crippen LogP contribution in [-0.4, -0.2) is 18.7 Å². The van der Waals surface area contributed by atoms with Gasteiger partial charge in [-0.15, -0.1) is 0 Å². The zero-order chi connectivity index (χ0) is 36.1. The van der Waals surface area contributed by atoms with E-state index in [1.165, 1.54) is 32.6 Å². The summed E-state index contributed by atoms with van der Waals surface area (Å²) < 4.78 is 14.0. The molecule has 0 bridgehead atoms. The first-order chi connectivity index (χ1) is 27.3. The molecule has 0 saturated carbocycles. The number of nitrogens with zero attached hydrogens (tertiary/aromatic N) is 4. The zero-order valence-electron chi connectivity index (χ0n) is 29.7. The lowest BCUT2D eigenvalue weighted by Gasteiger charge is -2.42. The van der Waals surface area contributed by atoms with Gasteiger partial charge >= 0.3 is 6.01 Å². The van der Waals surface area contributed by atoms with Crippen molar-refractivity contribution in [1.29, 1.82) is 0 Å². The summed E-state index contributed by atoms with van der Waals surface area (Å²) in [6, 6.07) is 70.0. The molecule has 0 atom stereocenters. The molecule has 0 N–H and O–H groups in total. The monoisotopic (exact) mass is 704 g/mol. The molecule has 0 amide bonds. The Morgan fingerprint density at radius 3 is 1.56 bits per heavy atom. The Bertz CT molecular complexity index is 3240. The molecular weight excluding hydrogens is 673 g/mol. The Balaban J connectivity index is 1.17. The van der Waals surface area contributed by atoms with Gasteiger partial charge in [-0.25, -0.2) is 0 Å². The first-order valence-corrected chi connectivity index (χ1v) is 18.7. The van der Waals surface area contributed by atoms with Crippen LogP contribution < -0.4 is 4.74 Å². The number of aromatic nitrogens is 4. The second-order valence-corrected chi connectivity index (χ2v) is 14.4. The highest BCUT2D eigenvalue weighted by Crippen LogP contribution is 2.53. The van der Waals surface area contributed by atoms with Crippen LogP contribution in [0.25, 0.3) is 66.0 Å². The smallest absolute Gasteiger partial charge is 0.304 e. The van der Waals surface area contributed by atoms with Crippen LogP contribution in [0.1, 0.15) is 16.7 Å². The van der Waals surface area contributed by atoms with E-state index in [9.17, 15) is 0 Å². The van der Waals surface area contributed by atoms with Gasteiger partial charge in [0, 0.05) is 44.5 Å². The predicted octanol–water partition coefficient (Wildman–Crippen LogP) is 12.2. The molecule has 11 aromatic rings. The first kappa shape index (κ1) is 30.1. The third kappa shape index (κ3) is 4.09. The molecule has 258 valence electrons. The van der Waals surface area contributed by atoms with E-state index < -0.39 is 5.54 Å². The van der Waals surface area contributed by atoms with E-state index in [1.54, 1.807) is 0 Å². The van der Waals surface area contributed by atoms with E-state index in [4.69, 9.17) is 9.72 Å². The van der Waals surface area contributed by atoms with Crippen molar-refractivity contribution in [1.82, 2.24) is 18.7 Å². The van der Waals surface area contributed by atoms with Crippen LogP contribution in [0, 0.1) is 0 Å². The molecule has 3 aromatic heterocycles. The minimum atomic E-state index is -0.746. The Morgan fingerprint density at radius 1 is 0.400 bits per heavy atom. The second-order valence-electron chi connectivity index (χ2n) is 14.4. The Labute approximate surface area is 316 Å². The number of imidazole rings is 1. The average molecular weight is 705 g/mol. The molecule has 0 saturated heterocycles. The van der Waals surface area contributed by atoms with E-state index in [0.29, 0.717) is 6.01 Å². The highest BCUT2D eigenvalue weighted by Gasteiger charge is 2.46. The van der Waals surface area contributed by atoms with E-state index in [-0.39, 0.29) is 0 Å². The SMILES string of the molecule is c1ccc(-n2c3ccccc3c3cc4c5ccccc5n(-c5ccc6c(c5)Oc5nc7ccccc7n5C6(c5ccccc5)c5ccccc5)c4cc32)cc1. The van der Waals surface area contributed by atoms with Gasteiger partial charge < -0.3 is 13.9 Å². The zero-order valence-corrected chi connectivity index (χ0v) is 29.7. The van der Waals surface area contributed by atoms with E-state index in [2.05, 4.69) is 202 Å². The number of benzene rings is 8. The summed E-state index contributed by atoms with van der Waals surface area (Å²) in [6.45, 7) is 0. The fourth-order valence-electron chi connectivity index (χ4n) is 9.31. The normalized spacial score (nSPS) is 13.4. The molecule has 0 spiro atoms. The predicted molar refractivity (Wildman–Crippen MR) is 223 cm³/mol. The summed E-state index contributed by atoms with van der Waals surface area (Å²) in [5, 5.41) is 4.89. The lowest BCUT2D eigenvalue weighted by molar-refractivity contribution is 0.336. The van der Waals surface area contributed by atoms with Crippen LogP contribution in [0.2, 0.25) is 0 Å². The Kier molecular flexibility index (Phi) is 6.20. The number of hydrogen-bond donors (Lipinski definition) is 0. The minimum Gasteiger partial charge on any atom is -0.425 e. The maximum atomic E-state index is 6.95. The van der Waals surface area contributed by atoms with Gasteiger partial charge in [0.1, 0.15) is 11.3 Å². The summed E-state index contributed by atoms with van der Waals surface area (Å²) in [6.07, 6.45) is 0. The fourth-order valence-corrected chi connectivity index (χ4v) is 9.31. The van der Waals surface area contributed by atoms with Crippen molar-refractivity contribution in [2.75, 3.05) is 0 Å². The molecule has 4 heterocycles. The van der Waals surface area contributed by atoms with Crippen molar-refractivity contribution in [3.63, 3.8) is 0 Å². The number of ether oxygens (including phenoxy) is 1. The van der Waals surface area contributed by atoms with Gasteiger partial charge in [0.05, 0.1) is 33.1 Å². The Hall–Kier alpha value is -7.37. The maximum Gasteiger partial charge on any atom is 0.304 e. The molecule has 8 aromatic carbocycles. The van der Waals surface area contributed by atoms with Crippen LogP contribution in [-0.2, 0) is 5.54 Å². The van der Waals surface area contributed by atoms with E-state index >= 15 is 0 Å². The third-order valence-corrected chi connectivity index (χ3v) is 11.5. The lowest BCUT2D eigenvalue weighted by Crippen LogP contribution is -2.40. The maximum absolute atomic E-state index is 6.95.